The third-order valence-corrected chi connectivity index (χ3v) is 4.72. The second-order valence-electron chi connectivity index (χ2n) is 4.90. The SMILES string of the molecule is O=S(=O)(NC1CC1)c1ccccc1NCCc1ncno1. The lowest BCUT2D eigenvalue weighted by molar-refractivity contribution is 0.380. The second kappa shape index (κ2) is 5.82. The van der Waals surface area contributed by atoms with Gasteiger partial charge in [-0.1, -0.05) is 17.3 Å². The summed E-state index contributed by atoms with van der Waals surface area (Å²) in [5.41, 5.74) is 0.574. The zero-order valence-corrected chi connectivity index (χ0v) is 12.1. The van der Waals surface area contributed by atoms with Gasteiger partial charge in [0.05, 0.1) is 5.69 Å². The van der Waals surface area contributed by atoms with Crippen LogP contribution in [0.4, 0.5) is 5.69 Å². The van der Waals surface area contributed by atoms with E-state index in [2.05, 4.69) is 20.2 Å². The Morgan fingerprint density at radius 3 is 2.81 bits per heavy atom. The average molecular weight is 308 g/mol. The Labute approximate surface area is 122 Å². The smallest absolute Gasteiger partial charge is 0.242 e. The molecule has 1 saturated carbocycles. The number of rotatable bonds is 7. The molecule has 7 nitrogen and oxygen atoms in total. The van der Waals surface area contributed by atoms with E-state index in [1.165, 1.54) is 6.33 Å². The van der Waals surface area contributed by atoms with Crippen LogP contribution in [0.3, 0.4) is 0 Å². The minimum atomic E-state index is -3.48. The lowest BCUT2D eigenvalue weighted by atomic mass is 10.3. The van der Waals surface area contributed by atoms with Crippen LogP contribution in [0, 0.1) is 0 Å². The van der Waals surface area contributed by atoms with Crippen molar-refractivity contribution in [3.63, 3.8) is 0 Å². The van der Waals surface area contributed by atoms with Gasteiger partial charge in [0.15, 0.2) is 6.33 Å². The Hall–Kier alpha value is -1.93. The molecule has 0 aliphatic heterocycles. The molecule has 112 valence electrons. The van der Waals surface area contributed by atoms with Gasteiger partial charge in [0.1, 0.15) is 4.90 Å². The van der Waals surface area contributed by atoms with E-state index in [1.807, 2.05) is 0 Å². The second-order valence-corrected chi connectivity index (χ2v) is 6.59. The highest BCUT2D eigenvalue weighted by molar-refractivity contribution is 7.89. The first-order chi connectivity index (χ1) is 10.1. The molecular weight excluding hydrogens is 292 g/mol. The molecule has 0 saturated heterocycles. The molecule has 0 spiro atoms. The van der Waals surface area contributed by atoms with Gasteiger partial charge in [0.2, 0.25) is 15.9 Å². The molecule has 21 heavy (non-hydrogen) atoms. The first kappa shape index (κ1) is 14.0. The normalized spacial score (nSPS) is 15.0. The Balaban J connectivity index is 1.69. The number of nitrogens with one attached hydrogen (secondary N) is 2. The van der Waals surface area contributed by atoms with Crippen molar-refractivity contribution >= 4 is 15.7 Å². The van der Waals surface area contributed by atoms with Gasteiger partial charge < -0.3 is 9.84 Å². The maximum Gasteiger partial charge on any atom is 0.242 e. The van der Waals surface area contributed by atoms with Crippen molar-refractivity contribution in [2.75, 3.05) is 11.9 Å². The van der Waals surface area contributed by atoms with Gasteiger partial charge in [0.25, 0.3) is 0 Å². The minimum Gasteiger partial charge on any atom is -0.383 e. The predicted molar refractivity (Wildman–Crippen MR) is 76.3 cm³/mol. The molecule has 0 unspecified atom stereocenters. The van der Waals surface area contributed by atoms with Gasteiger partial charge >= 0.3 is 0 Å². The zero-order valence-electron chi connectivity index (χ0n) is 11.3. The molecular formula is C13H16N4O3S. The maximum atomic E-state index is 12.3. The van der Waals surface area contributed by atoms with E-state index in [1.54, 1.807) is 24.3 Å². The van der Waals surface area contributed by atoms with E-state index in [-0.39, 0.29) is 10.9 Å². The summed E-state index contributed by atoms with van der Waals surface area (Å²) in [6, 6.07) is 6.94. The molecule has 0 atom stereocenters. The minimum absolute atomic E-state index is 0.0847. The van der Waals surface area contributed by atoms with Crippen LogP contribution in [0.25, 0.3) is 0 Å². The topological polar surface area (TPSA) is 97.1 Å². The van der Waals surface area contributed by atoms with E-state index in [9.17, 15) is 8.42 Å². The van der Waals surface area contributed by atoms with Crippen LogP contribution in [0.5, 0.6) is 0 Å². The van der Waals surface area contributed by atoms with E-state index in [0.717, 1.165) is 12.8 Å². The fraction of sp³-hybridized carbons (Fsp3) is 0.385. The van der Waals surface area contributed by atoms with Gasteiger partial charge in [-0.2, -0.15) is 4.98 Å². The molecule has 3 rings (SSSR count). The number of sulfonamides is 1. The van der Waals surface area contributed by atoms with Crippen molar-refractivity contribution in [1.29, 1.82) is 0 Å². The lowest BCUT2D eigenvalue weighted by Gasteiger charge is -2.12. The molecule has 1 aromatic carbocycles. The molecule has 0 radical (unpaired) electrons. The monoisotopic (exact) mass is 308 g/mol. The molecule has 1 aliphatic carbocycles. The summed E-state index contributed by atoms with van der Waals surface area (Å²) < 4.78 is 32.2. The Kier molecular flexibility index (Phi) is 3.89. The molecule has 1 fully saturated rings. The third-order valence-electron chi connectivity index (χ3n) is 3.14. The number of hydrogen-bond donors (Lipinski definition) is 2. The highest BCUT2D eigenvalue weighted by Gasteiger charge is 2.29. The number of para-hydroxylation sites is 1. The van der Waals surface area contributed by atoms with Gasteiger partial charge in [-0.3, -0.25) is 0 Å². The molecule has 0 amide bonds. The summed E-state index contributed by atoms with van der Waals surface area (Å²) in [6.07, 6.45) is 3.69. The standard InChI is InChI=1S/C13H16N4O3S/c18-21(19,17-10-5-6-10)12-4-2-1-3-11(12)14-8-7-13-15-9-16-20-13/h1-4,9-10,14,17H,5-8H2. The summed E-state index contributed by atoms with van der Waals surface area (Å²) in [4.78, 5) is 4.18. The maximum absolute atomic E-state index is 12.3. The lowest BCUT2D eigenvalue weighted by Crippen LogP contribution is -2.26. The highest BCUT2D eigenvalue weighted by Crippen LogP contribution is 2.25. The number of anilines is 1. The Morgan fingerprint density at radius 1 is 1.29 bits per heavy atom. The van der Waals surface area contributed by atoms with Crippen molar-refractivity contribution in [1.82, 2.24) is 14.9 Å². The molecule has 2 N–H and O–H groups in total. The third kappa shape index (κ3) is 3.59. The van der Waals surface area contributed by atoms with Crippen LogP contribution < -0.4 is 10.0 Å². The molecule has 1 aliphatic rings. The Morgan fingerprint density at radius 2 is 2.10 bits per heavy atom. The van der Waals surface area contributed by atoms with Crippen molar-refractivity contribution in [3.8, 4) is 0 Å². The first-order valence-electron chi connectivity index (χ1n) is 6.76. The predicted octanol–water partition coefficient (Wildman–Crippen LogP) is 1.16. The quantitative estimate of drug-likeness (QED) is 0.797. The number of benzene rings is 1. The van der Waals surface area contributed by atoms with Crippen LogP contribution >= 0.6 is 0 Å². The molecule has 1 heterocycles. The summed E-state index contributed by atoms with van der Waals surface area (Å²) >= 11 is 0. The van der Waals surface area contributed by atoms with Gasteiger partial charge in [-0.15, -0.1) is 0 Å². The average Bonchev–Trinajstić information content (AvgIpc) is 3.11. The summed E-state index contributed by atoms with van der Waals surface area (Å²) in [6.45, 7) is 0.512. The molecule has 8 heteroatoms. The number of hydrogen-bond acceptors (Lipinski definition) is 6. The van der Waals surface area contributed by atoms with Crippen LogP contribution in [0.15, 0.2) is 40.0 Å². The van der Waals surface area contributed by atoms with Crippen LogP contribution in [-0.4, -0.2) is 31.1 Å². The summed E-state index contributed by atoms with van der Waals surface area (Å²) in [5, 5.41) is 6.63. The van der Waals surface area contributed by atoms with Gasteiger partial charge in [0, 0.05) is 19.0 Å². The zero-order chi connectivity index (χ0) is 14.7. The molecule has 0 bridgehead atoms. The van der Waals surface area contributed by atoms with Gasteiger partial charge in [-0.05, 0) is 25.0 Å². The van der Waals surface area contributed by atoms with E-state index in [0.29, 0.717) is 24.5 Å². The first-order valence-corrected chi connectivity index (χ1v) is 8.24. The summed E-state index contributed by atoms with van der Waals surface area (Å²) in [5.74, 6) is 0.513. The van der Waals surface area contributed by atoms with Crippen molar-refractivity contribution in [2.45, 2.75) is 30.2 Å². The van der Waals surface area contributed by atoms with Crippen LogP contribution in [-0.2, 0) is 16.4 Å². The van der Waals surface area contributed by atoms with Crippen molar-refractivity contribution in [3.05, 3.63) is 36.5 Å². The van der Waals surface area contributed by atoms with Crippen molar-refractivity contribution < 1.29 is 12.9 Å². The van der Waals surface area contributed by atoms with E-state index < -0.39 is 10.0 Å². The van der Waals surface area contributed by atoms with E-state index in [4.69, 9.17) is 4.52 Å². The largest absolute Gasteiger partial charge is 0.383 e. The van der Waals surface area contributed by atoms with Crippen molar-refractivity contribution in [2.24, 2.45) is 0 Å². The van der Waals surface area contributed by atoms with E-state index >= 15 is 0 Å². The fourth-order valence-corrected chi connectivity index (χ4v) is 3.43. The van der Waals surface area contributed by atoms with Gasteiger partial charge in [-0.25, -0.2) is 13.1 Å². The summed E-state index contributed by atoms with van der Waals surface area (Å²) in [7, 11) is -3.48. The van der Waals surface area contributed by atoms with Crippen LogP contribution in [0.2, 0.25) is 0 Å². The van der Waals surface area contributed by atoms with Crippen LogP contribution in [0.1, 0.15) is 18.7 Å². The fourth-order valence-electron chi connectivity index (χ4n) is 1.94. The molecule has 2 aromatic rings. The highest BCUT2D eigenvalue weighted by atomic mass is 32.2. The number of nitrogens with zero attached hydrogens (tertiary/aromatic N) is 2. The number of aromatic nitrogens is 2. The Bertz CT molecular complexity index is 696. The molecule has 1 aromatic heterocycles.